The molecule has 0 bridgehead atoms. The van der Waals surface area contributed by atoms with Crippen molar-refractivity contribution < 1.29 is 4.79 Å². The summed E-state index contributed by atoms with van der Waals surface area (Å²) in [5.41, 5.74) is -0.170. The number of nitrogens with zero attached hydrogens (tertiary/aromatic N) is 1. The first-order valence-electron chi connectivity index (χ1n) is 8.02. The van der Waals surface area contributed by atoms with E-state index >= 15 is 0 Å². The van der Waals surface area contributed by atoms with Crippen molar-refractivity contribution in [3.63, 3.8) is 0 Å². The molecule has 118 valence electrons. The van der Waals surface area contributed by atoms with Gasteiger partial charge in [-0.25, -0.2) is 0 Å². The number of amides is 1. The summed E-state index contributed by atoms with van der Waals surface area (Å²) in [6.07, 6.45) is 3.79. The molecule has 2 atom stereocenters. The fraction of sp³-hybridized carbons (Fsp3) is 0.938. The van der Waals surface area contributed by atoms with Crippen LogP contribution in [0.25, 0.3) is 0 Å². The zero-order chi connectivity index (χ0) is 15.3. The Hall–Kier alpha value is -0.610. The Labute approximate surface area is 124 Å². The van der Waals surface area contributed by atoms with E-state index in [9.17, 15) is 4.79 Å². The van der Waals surface area contributed by atoms with Gasteiger partial charge in [0, 0.05) is 24.2 Å². The molecule has 0 spiro atoms. The van der Waals surface area contributed by atoms with Crippen molar-refractivity contribution in [3.8, 4) is 0 Å². The minimum absolute atomic E-state index is 0.0852. The third-order valence-corrected chi connectivity index (χ3v) is 3.88. The fourth-order valence-corrected chi connectivity index (χ4v) is 2.78. The summed E-state index contributed by atoms with van der Waals surface area (Å²) in [7, 11) is 0. The first-order chi connectivity index (χ1) is 9.20. The van der Waals surface area contributed by atoms with Crippen molar-refractivity contribution in [3.05, 3.63) is 0 Å². The molecule has 0 saturated carbocycles. The summed E-state index contributed by atoms with van der Waals surface area (Å²) in [4.78, 5) is 14.7. The van der Waals surface area contributed by atoms with Crippen molar-refractivity contribution in [2.45, 2.75) is 84.5 Å². The molecule has 1 saturated heterocycles. The van der Waals surface area contributed by atoms with E-state index in [4.69, 9.17) is 0 Å². The van der Waals surface area contributed by atoms with Gasteiger partial charge in [0.05, 0.1) is 6.04 Å². The highest BCUT2D eigenvalue weighted by atomic mass is 16.2. The molecule has 0 radical (unpaired) electrons. The zero-order valence-corrected chi connectivity index (χ0v) is 14.1. The normalized spacial score (nSPS) is 22.1. The Bertz CT molecular complexity index is 303. The van der Waals surface area contributed by atoms with Crippen LogP contribution < -0.4 is 10.6 Å². The van der Waals surface area contributed by atoms with Gasteiger partial charge in [-0.3, -0.25) is 9.69 Å². The van der Waals surface area contributed by atoms with Gasteiger partial charge in [-0.15, -0.1) is 0 Å². The van der Waals surface area contributed by atoms with E-state index in [-0.39, 0.29) is 17.5 Å². The van der Waals surface area contributed by atoms with Gasteiger partial charge in [0.2, 0.25) is 5.91 Å². The van der Waals surface area contributed by atoms with Crippen molar-refractivity contribution in [1.29, 1.82) is 0 Å². The van der Waals surface area contributed by atoms with Crippen molar-refractivity contribution >= 4 is 5.91 Å². The molecule has 2 N–H and O–H groups in total. The molecule has 4 heteroatoms. The molecular weight excluding hydrogens is 250 g/mol. The highest BCUT2D eigenvalue weighted by molar-refractivity contribution is 5.82. The van der Waals surface area contributed by atoms with Gasteiger partial charge in [0.1, 0.15) is 0 Å². The molecule has 4 nitrogen and oxygen atoms in total. The lowest BCUT2D eigenvalue weighted by Crippen LogP contribution is -2.56. The number of hydrogen-bond donors (Lipinski definition) is 2. The van der Waals surface area contributed by atoms with Crippen LogP contribution in [0.1, 0.15) is 60.8 Å². The Kier molecular flexibility index (Phi) is 6.46. The van der Waals surface area contributed by atoms with Crippen LogP contribution in [0, 0.1) is 0 Å². The van der Waals surface area contributed by atoms with Crippen LogP contribution in [-0.2, 0) is 4.79 Å². The van der Waals surface area contributed by atoms with Crippen molar-refractivity contribution in [2.24, 2.45) is 0 Å². The molecule has 1 heterocycles. The summed E-state index contributed by atoms with van der Waals surface area (Å²) in [6.45, 7) is 14.5. The number of carbonyl (C=O) groups is 1. The van der Waals surface area contributed by atoms with E-state index in [2.05, 4.69) is 29.4 Å². The number of carbonyl (C=O) groups excluding carboxylic acids is 1. The largest absolute Gasteiger partial charge is 0.350 e. The van der Waals surface area contributed by atoms with E-state index < -0.39 is 0 Å². The zero-order valence-electron chi connectivity index (χ0n) is 14.1. The van der Waals surface area contributed by atoms with Gasteiger partial charge in [-0.1, -0.05) is 6.42 Å². The lowest BCUT2D eigenvalue weighted by Gasteiger charge is -2.37. The summed E-state index contributed by atoms with van der Waals surface area (Å²) in [5.74, 6) is 0.127. The maximum atomic E-state index is 12.4. The Balaban J connectivity index is 2.61. The van der Waals surface area contributed by atoms with Crippen LogP contribution in [0.3, 0.4) is 0 Å². The summed E-state index contributed by atoms with van der Waals surface area (Å²) in [6, 6.07) is 0.813. The van der Waals surface area contributed by atoms with E-state index in [0.717, 1.165) is 13.1 Å². The summed E-state index contributed by atoms with van der Waals surface area (Å²) < 4.78 is 0. The van der Waals surface area contributed by atoms with Gasteiger partial charge in [0.25, 0.3) is 0 Å². The predicted molar refractivity (Wildman–Crippen MR) is 84.8 cm³/mol. The Morgan fingerprint density at radius 3 is 2.40 bits per heavy atom. The lowest BCUT2D eigenvalue weighted by molar-refractivity contribution is -0.128. The Morgan fingerprint density at radius 1 is 1.30 bits per heavy atom. The maximum absolute atomic E-state index is 12.4. The van der Waals surface area contributed by atoms with Crippen LogP contribution in [-0.4, -0.2) is 47.6 Å². The minimum atomic E-state index is -0.170. The molecule has 1 rings (SSSR count). The van der Waals surface area contributed by atoms with E-state index in [1.165, 1.54) is 19.3 Å². The highest BCUT2D eigenvalue weighted by Gasteiger charge is 2.28. The van der Waals surface area contributed by atoms with Crippen LogP contribution in [0.15, 0.2) is 0 Å². The second-order valence-electron chi connectivity index (χ2n) is 7.35. The van der Waals surface area contributed by atoms with Gasteiger partial charge in [0.15, 0.2) is 0 Å². The molecule has 2 unspecified atom stereocenters. The van der Waals surface area contributed by atoms with Crippen molar-refractivity contribution in [2.75, 3.05) is 13.1 Å². The second-order valence-corrected chi connectivity index (χ2v) is 7.35. The maximum Gasteiger partial charge on any atom is 0.237 e. The molecule has 1 aliphatic rings. The number of hydrogen-bond acceptors (Lipinski definition) is 3. The van der Waals surface area contributed by atoms with Crippen LogP contribution in [0.4, 0.5) is 0 Å². The van der Waals surface area contributed by atoms with Gasteiger partial charge < -0.3 is 10.6 Å². The third-order valence-electron chi connectivity index (χ3n) is 3.88. The second kappa shape index (κ2) is 7.41. The lowest BCUT2D eigenvalue weighted by atomic mass is 10.0. The first-order valence-corrected chi connectivity index (χ1v) is 8.02. The molecule has 0 aromatic rings. The number of piperidine rings is 1. The van der Waals surface area contributed by atoms with Crippen LogP contribution >= 0.6 is 0 Å². The van der Waals surface area contributed by atoms with Gasteiger partial charge in [-0.05, 0) is 60.9 Å². The van der Waals surface area contributed by atoms with Gasteiger partial charge >= 0.3 is 0 Å². The van der Waals surface area contributed by atoms with E-state index in [1.54, 1.807) is 0 Å². The summed E-state index contributed by atoms with van der Waals surface area (Å²) >= 11 is 0. The molecule has 1 fully saturated rings. The van der Waals surface area contributed by atoms with Crippen molar-refractivity contribution in [1.82, 2.24) is 15.5 Å². The molecule has 20 heavy (non-hydrogen) atoms. The molecule has 0 aromatic carbocycles. The Morgan fingerprint density at radius 2 is 1.95 bits per heavy atom. The predicted octanol–water partition coefficient (Wildman–Crippen LogP) is 2.14. The quantitative estimate of drug-likeness (QED) is 0.812. The number of rotatable bonds is 5. The smallest absolute Gasteiger partial charge is 0.237 e. The van der Waals surface area contributed by atoms with Gasteiger partial charge in [-0.2, -0.15) is 0 Å². The standard InChI is InChI=1S/C16H33N3O/c1-12(2)19(11-14-9-7-8-10-17-14)13(3)15(20)18-16(4,5)6/h12-14,17H,7-11H2,1-6H3,(H,18,20). The molecule has 0 aromatic heterocycles. The van der Waals surface area contributed by atoms with Crippen LogP contribution in [0.2, 0.25) is 0 Å². The monoisotopic (exact) mass is 283 g/mol. The highest BCUT2D eigenvalue weighted by Crippen LogP contribution is 2.14. The SMILES string of the molecule is CC(C)N(CC1CCCCN1)C(C)C(=O)NC(C)(C)C. The molecule has 0 aliphatic carbocycles. The van der Waals surface area contributed by atoms with E-state index in [1.807, 2.05) is 27.7 Å². The fourth-order valence-electron chi connectivity index (χ4n) is 2.78. The third kappa shape index (κ3) is 5.80. The first kappa shape index (κ1) is 17.4. The summed E-state index contributed by atoms with van der Waals surface area (Å²) in [5, 5.41) is 6.66. The van der Waals surface area contributed by atoms with E-state index in [0.29, 0.717) is 12.1 Å². The number of nitrogens with one attached hydrogen (secondary N) is 2. The molecule has 1 amide bonds. The molecular formula is C16H33N3O. The molecule has 1 aliphatic heterocycles. The topological polar surface area (TPSA) is 44.4 Å². The van der Waals surface area contributed by atoms with Crippen LogP contribution in [0.5, 0.6) is 0 Å². The average molecular weight is 283 g/mol. The average Bonchev–Trinajstić information content (AvgIpc) is 2.34. The minimum Gasteiger partial charge on any atom is -0.350 e.